The number of anilines is 1. The van der Waals surface area contributed by atoms with Gasteiger partial charge in [-0.2, -0.15) is 5.10 Å². The van der Waals surface area contributed by atoms with Gasteiger partial charge in [0.2, 0.25) is 5.91 Å². The van der Waals surface area contributed by atoms with E-state index in [4.69, 9.17) is 4.98 Å². The van der Waals surface area contributed by atoms with E-state index >= 15 is 0 Å². The molecule has 198 valence electrons. The molecule has 1 aliphatic rings. The molecule has 0 bridgehead atoms. The highest BCUT2D eigenvalue weighted by Gasteiger charge is 2.18. The molecule has 1 aromatic carbocycles. The van der Waals surface area contributed by atoms with Crippen molar-refractivity contribution in [2.24, 2.45) is 5.92 Å². The molecule has 6 heterocycles. The van der Waals surface area contributed by atoms with E-state index in [1.807, 2.05) is 36.4 Å². The molecule has 0 aliphatic carbocycles. The minimum absolute atomic E-state index is 0.0310. The predicted octanol–water partition coefficient (Wildman–Crippen LogP) is 4.95. The summed E-state index contributed by atoms with van der Waals surface area (Å²) in [6.45, 7) is 1.95. The number of pyridine rings is 3. The van der Waals surface area contributed by atoms with Gasteiger partial charge in [0.1, 0.15) is 11.2 Å². The second-order valence-electron chi connectivity index (χ2n) is 10.1. The fourth-order valence-corrected chi connectivity index (χ4v) is 5.36. The van der Waals surface area contributed by atoms with Gasteiger partial charge in [0.15, 0.2) is 5.82 Å². The Hall–Kier alpha value is -4.96. The molecular weight excluding hydrogens is 502 g/mol. The van der Waals surface area contributed by atoms with E-state index in [-0.39, 0.29) is 5.91 Å². The Morgan fingerprint density at radius 3 is 2.67 bits per heavy atom. The number of carbonyl (C=O) groups is 1. The lowest BCUT2D eigenvalue weighted by Crippen LogP contribution is -2.30. The molecule has 4 N–H and O–H groups in total. The predicted molar refractivity (Wildman–Crippen MR) is 154 cm³/mol. The van der Waals surface area contributed by atoms with E-state index in [1.54, 1.807) is 31.0 Å². The normalized spacial score (nSPS) is 14.1. The highest BCUT2D eigenvalue weighted by atomic mass is 16.1. The van der Waals surface area contributed by atoms with Gasteiger partial charge in [-0.3, -0.25) is 24.8 Å². The van der Waals surface area contributed by atoms with Crippen LogP contribution >= 0.6 is 0 Å². The molecule has 0 radical (unpaired) electrons. The minimum Gasteiger partial charge on any atom is -0.336 e. The van der Waals surface area contributed by atoms with Crippen LogP contribution in [0.2, 0.25) is 0 Å². The molecule has 0 atom stereocenters. The van der Waals surface area contributed by atoms with Crippen molar-refractivity contribution >= 4 is 33.5 Å². The molecule has 7 rings (SSSR count). The summed E-state index contributed by atoms with van der Waals surface area (Å²) >= 11 is 0. The van der Waals surface area contributed by atoms with Crippen LogP contribution in [-0.2, 0) is 4.79 Å². The smallest absolute Gasteiger partial charge is 0.224 e. The number of hydrogen-bond acceptors (Lipinski definition) is 7. The van der Waals surface area contributed by atoms with Crippen molar-refractivity contribution in [3.8, 4) is 33.9 Å². The topological polar surface area (TPSA) is 137 Å². The van der Waals surface area contributed by atoms with Crippen LogP contribution in [0.15, 0.2) is 73.4 Å². The fraction of sp³-hybridized carbons (Fsp3) is 0.200. The second-order valence-corrected chi connectivity index (χ2v) is 10.1. The second kappa shape index (κ2) is 10.3. The summed E-state index contributed by atoms with van der Waals surface area (Å²) < 4.78 is 0. The Bertz CT molecular complexity index is 1820. The largest absolute Gasteiger partial charge is 0.336 e. The Kier molecular flexibility index (Phi) is 6.21. The number of amides is 1. The van der Waals surface area contributed by atoms with Crippen LogP contribution in [0.4, 0.5) is 5.69 Å². The number of hydrogen-bond donors (Lipinski definition) is 4. The Balaban J connectivity index is 1.19. The Morgan fingerprint density at radius 1 is 0.900 bits per heavy atom. The van der Waals surface area contributed by atoms with Crippen LogP contribution < -0.4 is 10.6 Å². The maximum atomic E-state index is 12.7. The summed E-state index contributed by atoms with van der Waals surface area (Å²) in [4.78, 5) is 34.1. The van der Waals surface area contributed by atoms with Crippen LogP contribution in [0.25, 0.3) is 55.8 Å². The monoisotopic (exact) mass is 529 g/mol. The molecule has 40 heavy (non-hydrogen) atoms. The number of piperidine rings is 1. The lowest BCUT2D eigenvalue weighted by atomic mass is 9.94. The Labute approximate surface area is 229 Å². The van der Waals surface area contributed by atoms with Gasteiger partial charge in [-0.15, -0.1) is 0 Å². The van der Waals surface area contributed by atoms with Crippen LogP contribution in [0, 0.1) is 5.92 Å². The lowest BCUT2D eigenvalue weighted by molar-refractivity contribution is -0.117. The third-order valence-electron chi connectivity index (χ3n) is 7.41. The number of rotatable bonds is 6. The average molecular weight is 530 g/mol. The standard InChI is InChI=1S/C30H27N9O/c40-26(12-18-5-9-31-10-6-18)35-22-13-21(16-33-17-22)19-3-4-24-23(14-19)28(39-38-24)30-36-25-7-11-34-27(29(25)37-30)20-2-1-8-32-15-20/h1-4,7-8,11,13-18,31H,5-6,9-10,12H2,(H,35,40)(H,36,37)(H,38,39). The first-order valence-electron chi connectivity index (χ1n) is 13.4. The van der Waals surface area contributed by atoms with E-state index < -0.39 is 0 Å². The highest BCUT2D eigenvalue weighted by Crippen LogP contribution is 2.32. The van der Waals surface area contributed by atoms with Gasteiger partial charge in [0.05, 0.1) is 28.6 Å². The van der Waals surface area contributed by atoms with Crippen molar-refractivity contribution < 1.29 is 4.79 Å². The van der Waals surface area contributed by atoms with Gasteiger partial charge in [-0.25, -0.2) is 4.98 Å². The zero-order chi connectivity index (χ0) is 26.9. The molecule has 1 aliphatic heterocycles. The van der Waals surface area contributed by atoms with Gasteiger partial charge in [-0.1, -0.05) is 6.07 Å². The van der Waals surface area contributed by atoms with Crippen LogP contribution in [0.1, 0.15) is 19.3 Å². The number of nitrogens with zero attached hydrogens (tertiary/aromatic N) is 5. The van der Waals surface area contributed by atoms with Gasteiger partial charge >= 0.3 is 0 Å². The summed E-state index contributed by atoms with van der Waals surface area (Å²) in [6.07, 6.45) is 11.4. The first-order valence-corrected chi connectivity index (χ1v) is 13.4. The van der Waals surface area contributed by atoms with E-state index in [0.29, 0.717) is 29.5 Å². The summed E-state index contributed by atoms with van der Waals surface area (Å²) in [5, 5.41) is 15.0. The molecule has 0 spiro atoms. The number of benzene rings is 1. The van der Waals surface area contributed by atoms with E-state index in [9.17, 15) is 4.79 Å². The summed E-state index contributed by atoms with van der Waals surface area (Å²) in [7, 11) is 0. The molecule has 0 unspecified atom stereocenters. The molecule has 6 aromatic rings. The molecule has 10 heteroatoms. The highest BCUT2D eigenvalue weighted by molar-refractivity contribution is 5.98. The molecule has 1 fully saturated rings. The van der Waals surface area contributed by atoms with E-state index in [2.05, 4.69) is 46.8 Å². The number of fused-ring (bicyclic) bond motifs is 2. The number of carbonyl (C=O) groups excluding carboxylic acids is 1. The number of nitrogens with one attached hydrogen (secondary N) is 4. The van der Waals surface area contributed by atoms with Crippen molar-refractivity contribution in [2.75, 3.05) is 18.4 Å². The SMILES string of the molecule is O=C(CC1CCNCC1)Nc1cncc(-c2ccc3[nH]nc(-c4nc5c(-c6cccnc6)nccc5[nH]4)c3c2)c1. The zero-order valence-corrected chi connectivity index (χ0v) is 21.7. The summed E-state index contributed by atoms with van der Waals surface area (Å²) in [5.41, 5.74) is 7.45. The van der Waals surface area contributed by atoms with Crippen molar-refractivity contribution in [1.29, 1.82) is 0 Å². The fourth-order valence-electron chi connectivity index (χ4n) is 5.36. The quantitative estimate of drug-likeness (QED) is 0.239. The summed E-state index contributed by atoms with van der Waals surface area (Å²) in [5.74, 6) is 1.10. The number of H-pyrrole nitrogens is 2. The van der Waals surface area contributed by atoms with E-state index in [1.165, 1.54) is 0 Å². The first-order chi connectivity index (χ1) is 19.7. The molecular formula is C30H27N9O. The van der Waals surface area contributed by atoms with Crippen molar-refractivity contribution in [1.82, 2.24) is 40.4 Å². The van der Waals surface area contributed by atoms with Crippen molar-refractivity contribution in [3.05, 3.63) is 73.4 Å². The van der Waals surface area contributed by atoms with Crippen LogP contribution in [0.5, 0.6) is 0 Å². The maximum Gasteiger partial charge on any atom is 0.224 e. The minimum atomic E-state index is 0.0310. The average Bonchev–Trinajstić information content (AvgIpc) is 3.62. The van der Waals surface area contributed by atoms with Crippen molar-refractivity contribution in [2.45, 2.75) is 19.3 Å². The van der Waals surface area contributed by atoms with Gasteiger partial charge in [0, 0.05) is 47.7 Å². The molecule has 5 aromatic heterocycles. The third kappa shape index (κ3) is 4.69. The third-order valence-corrected chi connectivity index (χ3v) is 7.41. The number of aromatic amines is 2. The molecule has 1 amide bonds. The number of aromatic nitrogens is 7. The summed E-state index contributed by atoms with van der Waals surface area (Å²) in [6, 6.07) is 13.8. The van der Waals surface area contributed by atoms with Crippen LogP contribution in [-0.4, -0.2) is 54.1 Å². The maximum absolute atomic E-state index is 12.7. The van der Waals surface area contributed by atoms with Gasteiger partial charge in [0.25, 0.3) is 0 Å². The van der Waals surface area contributed by atoms with E-state index in [0.717, 1.165) is 70.3 Å². The molecule has 10 nitrogen and oxygen atoms in total. The first kappa shape index (κ1) is 24.1. The van der Waals surface area contributed by atoms with Gasteiger partial charge < -0.3 is 15.6 Å². The molecule has 0 saturated carbocycles. The van der Waals surface area contributed by atoms with Crippen LogP contribution in [0.3, 0.4) is 0 Å². The number of imidazole rings is 1. The van der Waals surface area contributed by atoms with Gasteiger partial charge in [-0.05, 0) is 73.8 Å². The lowest BCUT2D eigenvalue weighted by Gasteiger charge is -2.21. The Morgan fingerprint density at radius 2 is 1.80 bits per heavy atom. The molecule has 1 saturated heterocycles. The zero-order valence-electron chi connectivity index (χ0n) is 21.7. The van der Waals surface area contributed by atoms with Crippen molar-refractivity contribution in [3.63, 3.8) is 0 Å².